The number of hydrogen-bond donors (Lipinski definition) is 4. The van der Waals surface area contributed by atoms with Crippen LogP contribution in [0.15, 0.2) is 36.4 Å². The molecule has 0 saturated carbocycles. The van der Waals surface area contributed by atoms with Crippen molar-refractivity contribution in [1.29, 1.82) is 0 Å². The Kier molecular flexibility index (Phi) is 31.4. The summed E-state index contributed by atoms with van der Waals surface area (Å²) in [6, 6.07) is 11.2. The van der Waals surface area contributed by atoms with E-state index in [-0.39, 0.29) is 91.7 Å². The summed E-state index contributed by atoms with van der Waals surface area (Å²) in [5.41, 5.74) is 0.481. The molecule has 2 aromatic rings. The third-order valence-electron chi connectivity index (χ3n) is 13.5. The Bertz CT molecular complexity index is 2540. The number of carbonyl (C=O) groups excluding carboxylic acids is 8. The number of ketones is 8. The molecule has 0 aliphatic rings. The minimum absolute atomic E-state index is 0.00784. The van der Waals surface area contributed by atoms with Crippen LogP contribution in [-0.2, 0) is 25.7 Å². The highest BCUT2D eigenvalue weighted by Crippen LogP contribution is 2.32. The third kappa shape index (κ3) is 32.6. The summed E-state index contributed by atoms with van der Waals surface area (Å²) in [7, 11) is 0. The smallest absolute Gasteiger partial charge is 0.168 e. The minimum atomic E-state index is -0.517. The van der Waals surface area contributed by atoms with Crippen LogP contribution in [0.1, 0.15) is 315 Å². The number of hydrogen-bond acceptors (Lipinski definition) is 12. The van der Waals surface area contributed by atoms with Gasteiger partial charge in [-0.3, -0.25) is 38.4 Å². The zero-order valence-electron chi connectivity index (χ0n) is 61.3. The van der Waals surface area contributed by atoms with Gasteiger partial charge in [-0.2, -0.15) is 0 Å². The van der Waals surface area contributed by atoms with Crippen LogP contribution in [0.2, 0.25) is 0 Å². The first kappa shape index (κ1) is 83.5. The Morgan fingerprint density at radius 1 is 0.372 bits per heavy atom. The topological polar surface area (TPSA) is 185 Å². The van der Waals surface area contributed by atoms with E-state index in [0.717, 1.165) is 24.1 Å². The van der Waals surface area contributed by atoms with E-state index >= 15 is 0 Å². The van der Waals surface area contributed by atoms with Crippen molar-refractivity contribution in [3.8, 4) is 0 Å². The molecule has 2 atom stereocenters. The van der Waals surface area contributed by atoms with Gasteiger partial charge in [0.1, 0.15) is 11.6 Å². The maximum absolute atomic E-state index is 12.8. The van der Waals surface area contributed by atoms with E-state index in [4.69, 9.17) is 0 Å². The number of nitrogens with one attached hydrogen (secondary N) is 4. The summed E-state index contributed by atoms with van der Waals surface area (Å²) in [6.45, 7) is 67.2. The van der Waals surface area contributed by atoms with Crippen LogP contribution in [0.3, 0.4) is 0 Å². The summed E-state index contributed by atoms with van der Waals surface area (Å²) in [5, 5.41) is 13.4. The van der Waals surface area contributed by atoms with Crippen molar-refractivity contribution in [2.45, 2.75) is 309 Å². The van der Waals surface area contributed by atoms with Gasteiger partial charge in [0.05, 0.1) is 12.1 Å². The molecule has 0 aromatic heterocycles. The number of rotatable bonds is 20. The van der Waals surface area contributed by atoms with Crippen molar-refractivity contribution in [2.75, 3.05) is 5.32 Å². The molecule has 492 valence electrons. The quantitative estimate of drug-likeness (QED) is 0.0922. The van der Waals surface area contributed by atoms with Crippen molar-refractivity contribution >= 4 is 52.0 Å². The van der Waals surface area contributed by atoms with E-state index < -0.39 is 27.1 Å². The second-order valence-corrected chi connectivity index (χ2v) is 34.7. The van der Waals surface area contributed by atoms with Crippen LogP contribution in [0.5, 0.6) is 0 Å². The molecule has 0 amide bonds. The van der Waals surface area contributed by atoms with E-state index in [2.05, 4.69) is 55.9 Å². The van der Waals surface area contributed by atoms with Gasteiger partial charge in [0.2, 0.25) is 0 Å². The second kappa shape index (κ2) is 32.3. The molecule has 0 fully saturated rings. The SMILES string of the molecule is CC(C)(C)N[C@@H](CCC(=O)C(C)(C)C)C(=O)C(C)(C)C.CC(C)(C)N[C@H](CCCC(=O)C(C)(C)C)C(=O)C(C)(C)C.CC(C)NCc1ccc(C(=O)C(C)(C)C)c(C(=O)C(C)(C)C)c1.CC(C)Nc1cc(C(=O)C(C)(C)C)cc(C(=O)C(C)(C)C)c1. The summed E-state index contributed by atoms with van der Waals surface area (Å²) < 4.78 is 0. The zero-order chi connectivity index (χ0) is 68.7. The summed E-state index contributed by atoms with van der Waals surface area (Å²) in [4.78, 5) is 99.9. The monoisotopic (exact) mass is 1200 g/mol. The van der Waals surface area contributed by atoms with Crippen LogP contribution < -0.4 is 21.3 Å². The predicted molar refractivity (Wildman–Crippen MR) is 363 cm³/mol. The third-order valence-corrected chi connectivity index (χ3v) is 13.5. The molecule has 0 spiro atoms. The van der Waals surface area contributed by atoms with Crippen molar-refractivity contribution < 1.29 is 38.4 Å². The lowest BCUT2D eigenvalue weighted by atomic mass is 9.79. The summed E-state index contributed by atoms with van der Waals surface area (Å²) >= 11 is 0. The highest BCUT2D eigenvalue weighted by molar-refractivity contribution is 6.12. The lowest BCUT2D eigenvalue weighted by molar-refractivity contribution is -0.130. The average molecular weight is 1200 g/mol. The second-order valence-electron chi connectivity index (χ2n) is 34.7. The van der Waals surface area contributed by atoms with Crippen LogP contribution in [0, 0.1) is 43.3 Å². The molecule has 0 bridgehead atoms. The fraction of sp³-hybridized carbons (Fsp3) is 0.730. The molecular formula is C74H128N4O8. The van der Waals surface area contributed by atoms with Crippen molar-refractivity contribution in [3.05, 3.63) is 64.2 Å². The van der Waals surface area contributed by atoms with E-state index in [1.807, 2.05) is 231 Å². The molecule has 2 rings (SSSR count). The Morgan fingerprint density at radius 3 is 1.03 bits per heavy atom. The van der Waals surface area contributed by atoms with Gasteiger partial charge in [-0.15, -0.1) is 0 Å². The maximum Gasteiger partial charge on any atom is 0.168 e. The number of benzene rings is 2. The summed E-state index contributed by atoms with van der Waals surface area (Å²) in [6.07, 6.45) is 3.03. The van der Waals surface area contributed by atoms with Crippen molar-refractivity contribution in [2.24, 2.45) is 43.3 Å². The molecule has 12 heteroatoms. The Labute approximate surface area is 526 Å². The highest BCUT2D eigenvalue weighted by atomic mass is 16.2. The van der Waals surface area contributed by atoms with Gasteiger partial charge in [-0.1, -0.05) is 192 Å². The van der Waals surface area contributed by atoms with E-state index in [0.29, 0.717) is 54.1 Å². The van der Waals surface area contributed by atoms with Gasteiger partial charge in [0.25, 0.3) is 0 Å². The number of Topliss-reactive ketones (excluding diaryl/α,β-unsaturated/α-hetero) is 8. The minimum Gasteiger partial charge on any atom is -0.383 e. The van der Waals surface area contributed by atoms with Gasteiger partial charge in [0, 0.05) is 114 Å². The lowest BCUT2D eigenvalue weighted by Gasteiger charge is -2.32. The number of carbonyl (C=O) groups is 8. The molecule has 0 unspecified atom stereocenters. The Morgan fingerprint density at radius 2 is 0.721 bits per heavy atom. The van der Waals surface area contributed by atoms with Crippen LogP contribution in [0.25, 0.3) is 0 Å². The molecule has 0 saturated heterocycles. The molecule has 0 heterocycles. The largest absolute Gasteiger partial charge is 0.383 e. The summed E-state index contributed by atoms with van der Waals surface area (Å²) in [5.74, 6) is 0.977. The molecule has 86 heavy (non-hydrogen) atoms. The molecule has 0 aliphatic heterocycles. The predicted octanol–water partition coefficient (Wildman–Crippen LogP) is 17.5. The molecule has 0 radical (unpaired) electrons. The van der Waals surface area contributed by atoms with Gasteiger partial charge in [-0.05, 0) is 104 Å². The fourth-order valence-electron chi connectivity index (χ4n) is 8.51. The van der Waals surface area contributed by atoms with Gasteiger partial charge in [-0.25, -0.2) is 0 Å². The molecule has 0 aliphatic carbocycles. The van der Waals surface area contributed by atoms with E-state index in [1.165, 1.54) is 0 Å². The van der Waals surface area contributed by atoms with Gasteiger partial charge < -0.3 is 21.3 Å². The zero-order valence-corrected chi connectivity index (χ0v) is 61.3. The highest BCUT2D eigenvalue weighted by Gasteiger charge is 2.36. The molecular weight excluding hydrogens is 1070 g/mol. The van der Waals surface area contributed by atoms with Crippen molar-refractivity contribution in [3.63, 3.8) is 0 Å². The lowest BCUT2D eigenvalue weighted by Crippen LogP contribution is -2.51. The normalized spacial score (nSPS) is 13.7. The van der Waals surface area contributed by atoms with E-state index in [9.17, 15) is 38.4 Å². The standard InChI is InChI=1S/C20H31NO2.C19H29NO2.C18H35NO2.C17H33NO2/c1-13(2)21-12-14-9-10-15(17(22)19(3,4)5)16(11-14)18(23)20(6,7)8;1-12(2)20-15-10-13(16(21)18(3,4)5)9-14(11-15)17(22)19(6,7)8;1-16(2,3)14(20)12-10-11-13(19-18(7,8)9)15(21)17(4,5)6;1-15(2,3)13(19)11-10-12(18-17(7,8)9)14(20)16(4,5)6/h9-11,13,21H,12H2,1-8H3;9-12,20H,1-8H3;13,19H,10-12H2,1-9H3;12,18H,10-11H2,1-9H3/t;;13-;12-/m..10/s1. The van der Waals surface area contributed by atoms with Crippen LogP contribution in [-0.4, -0.2) is 81.5 Å². The molecule has 4 N–H and O–H groups in total. The molecule has 2 aromatic carbocycles. The first-order chi connectivity index (χ1) is 37.9. The first-order valence-electron chi connectivity index (χ1n) is 31.6. The molecule has 12 nitrogen and oxygen atoms in total. The van der Waals surface area contributed by atoms with Gasteiger partial charge in [0.15, 0.2) is 34.7 Å². The fourth-order valence-corrected chi connectivity index (χ4v) is 8.51. The maximum atomic E-state index is 12.8. The Hall–Kier alpha value is -4.52. The van der Waals surface area contributed by atoms with Gasteiger partial charge >= 0.3 is 0 Å². The Balaban J connectivity index is 0. The van der Waals surface area contributed by atoms with Crippen LogP contribution in [0.4, 0.5) is 5.69 Å². The number of anilines is 1. The van der Waals surface area contributed by atoms with Crippen LogP contribution >= 0.6 is 0 Å². The van der Waals surface area contributed by atoms with E-state index in [1.54, 1.807) is 6.07 Å². The average Bonchev–Trinajstić information content (AvgIpc) is 1.96. The van der Waals surface area contributed by atoms with Crippen molar-refractivity contribution in [1.82, 2.24) is 16.0 Å². The first-order valence-corrected chi connectivity index (χ1v) is 31.6.